The topological polar surface area (TPSA) is 24.0 Å². The largest absolute Gasteiger partial charge is 0.331 e. The number of fused-ring (bicyclic) bond motifs is 1. The monoisotopic (exact) mass is 401 g/mol. The van der Waals surface area contributed by atoms with E-state index >= 15 is 0 Å². The first-order chi connectivity index (χ1) is 9.54. The number of rotatable bonds is 3. The second-order valence-electron chi connectivity index (χ2n) is 5.95. The van der Waals surface area contributed by atoms with Crippen molar-refractivity contribution in [2.24, 2.45) is 5.92 Å². The van der Waals surface area contributed by atoms with Gasteiger partial charge in [-0.15, -0.1) is 0 Å². The van der Waals surface area contributed by atoms with E-state index in [0.29, 0.717) is 12.0 Å². The Morgan fingerprint density at radius 1 is 1.45 bits per heavy atom. The lowest BCUT2D eigenvalue weighted by molar-refractivity contribution is 0.261. The van der Waals surface area contributed by atoms with E-state index in [-0.39, 0.29) is 0 Å². The Labute approximate surface area is 138 Å². The van der Waals surface area contributed by atoms with E-state index in [2.05, 4.69) is 69.1 Å². The van der Waals surface area contributed by atoms with Gasteiger partial charge in [0.2, 0.25) is 0 Å². The molecule has 0 saturated carbocycles. The lowest BCUT2D eigenvalue weighted by Gasteiger charge is -2.20. The molecule has 1 unspecified atom stereocenters. The molecule has 1 N–H and O–H groups in total. The second-order valence-corrected chi connectivity index (χ2v) is 7.58. The van der Waals surface area contributed by atoms with Gasteiger partial charge in [-0.25, -0.2) is 0 Å². The van der Waals surface area contributed by atoms with E-state index in [4.69, 9.17) is 12.2 Å². The molecule has 0 bridgehead atoms. The van der Waals surface area contributed by atoms with Crippen molar-refractivity contribution in [2.45, 2.75) is 32.9 Å². The number of halogens is 1. The highest BCUT2D eigenvalue weighted by Gasteiger charge is 2.25. The third-order valence-electron chi connectivity index (χ3n) is 4.22. The summed E-state index contributed by atoms with van der Waals surface area (Å²) in [6.07, 6.45) is 1.27. The number of likely N-dealkylation sites (tertiary alicyclic amines) is 1. The van der Waals surface area contributed by atoms with Crippen LogP contribution in [0.5, 0.6) is 0 Å². The molecule has 108 valence electrons. The van der Waals surface area contributed by atoms with Crippen molar-refractivity contribution in [3.63, 3.8) is 0 Å². The molecule has 1 aliphatic rings. The van der Waals surface area contributed by atoms with Gasteiger partial charge in [-0.3, -0.25) is 0 Å². The Hall–Kier alpha value is -0.400. The fourth-order valence-electron chi connectivity index (χ4n) is 3.06. The first-order valence-electron chi connectivity index (χ1n) is 7.16. The van der Waals surface area contributed by atoms with Gasteiger partial charge in [0.15, 0.2) is 4.77 Å². The minimum atomic E-state index is 0.650. The second kappa shape index (κ2) is 5.77. The normalized spacial score (nSPS) is 20.3. The number of nitrogens with one attached hydrogen (secondary N) is 1. The van der Waals surface area contributed by atoms with Gasteiger partial charge in [0.1, 0.15) is 0 Å². The summed E-state index contributed by atoms with van der Waals surface area (Å²) in [4.78, 5) is 5.90. The van der Waals surface area contributed by atoms with Gasteiger partial charge >= 0.3 is 0 Å². The maximum Gasteiger partial charge on any atom is 0.178 e. The van der Waals surface area contributed by atoms with Crippen molar-refractivity contribution >= 4 is 45.8 Å². The number of hydrogen-bond donors (Lipinski definition) is 1. The predicted molar refractivity (Wildman–Crippen MR) is 94.7 cm³/mol. The molecule has 1 fully saturated rings. The van der Waals surface area contributed by atoms with Crippen molar-refractivity contribution in [3.05, 3.63) is 26.5 Å². The molecule has 0 spiro atoms. The Kier molecular flexibility index (Phi) is 4.19. The zero-order valence-electron chi connectivity index (χ0n) is 11.9. The lowest BCUT2D eigenvalue weighted by atomic mass is 10.1. The van der Waals surface area contributed by atoms with Crippen LogP contribution >= 0.6 is 34.8 Å². The summed E-state index contributed by atoms with van der Waals surface area (Å²) >= 11 is 7.84. The minimum Gasteiger partial charge on any atom is -0.331 e. The van der Waals surface area contributed by atoms with E-state index < -0.39 is 0 Å². The lowest BCUT2D eigenvalue weighted by Crippen LogP contribution is -2.28. The van der Waals surface area contributed by atoms with Gasteiger partial charge in [0, 0.05) is 22.7 Å². The van der Waals surface area contributed by atoms with E-state index in [0.717, 1.165) is 16.8 Å². The van der Waals surface area contributed by atoms with Crippen molar-refractivity contribution in [1.29, 1.82) is 0 Å². The molecule has 0 aliphatic carbocycles. The van der Waals surface area contributed by atoms with Gasteiger partial charge in [-0.2, -0.15) is 0 Å². The van der Waals surface area contributed by atoms with E-state index in [1.54, 1.807) is 0 Å². The Bertz CT molecular complexity index is 673. The van der Waals surface area contributed by atoms with Crippen LogP contribution in [0.2, 0.25) is 0 Å². The molecule has 1 aromatic carbocycles. The van der Waals surface area contributed by atoms with Crippen LogP contribution in [-0.2, 0) is 6.54 Å². The molecule has 1 saturated heterocycles. The average Bonchev–Trinajstić information content (AvgIpc) is 2.96. The van der Waals surface area contributed by atoms with Crippen LogP contribution in [0, 0.1) is 14.3 Å². The summed E-state index contributed by atoms with van der Waals surface area (Å²) < 4.78 is 4.37. The molecule has 2 heterocycles. The Balaban J connectivity index is 1.85. The molecule has 20 heavy (non-hydrogen) atoms. The maximum atomic E-state index is 5.50. The van der Waals surface area contributed by atoms with Crippen LogP contribution < -0.4 is 0 Å². The third kappa shape index (κ3) is 2.80. The van der Waals surface area contributed by atoms with Crippen LogP contribution in [0.1, 0.15) is 20.3 Å². The first-order valence-corrected chi connectivity index (χ1v) is 8.65. The summed E-state index contributed by atoms with van der Waals surface area (Å²) in [7, 11) is 0. The van der Waals surface area contributed by atoms with Crippen molar-refractivity contribution in [1.82, 2.24) is 14.5 Å². The smallest absolute Gasteiger partial charge is 0.178 e. The quantitative estimate of drug-likeness (QED) is 0.620. The predicted octanol–water partition coefficient (Wildman–Crippen LogP) is 4.03. The SMILES string of the molecule is CC(C)N1CCC(Cn2c(=S)[nH]c3cc(I)ccc32)C1. The summed E-state index contributed by atoms with van der Waals surface area (Å²) in [5.41, 5.74) is 2.39. The first kappa shape index (κ1) is 14.5. The molecule has 0 radical (unpaired) electrons. The number of imidazole rings is 1. The highest BCUT2D eigenvalue weighted by Crippen LogP contribution is 2.23. The van der Waals surface area contributed by atoms with E-state index in [1.807, 2.05) is 0 Å². The van der Waals surface area contributed by atoms with Gasteiger partial charge in [0.25, 0.3) is 0 Å². The molecule has 1 atom stereocenters. The molecule has 0 amide bonds. The average molecular weight is 401 g/mol. The number of aromatic amines is 1. The van der Waals surface area contributed by atoms with Crippen molar-refractivity contribution in [2.75, 3.05) is 13.1 Å². The molecule has 3 nitrogen and oxygen atoms in total. The zero-order valence-corrected chi connectivity index (χ0v) is 14.9. The molecule has 2 aromatic rings. The zero-order chi connectivity index (χ0) is 14.3. The fraction of sp³-hybridized carbons (Fsp3) is 0.533. The summed E-state index contributed by atoms with van der Waals surface area (Å²) in [5, 5.41) is 0. The van der Waals surface area contributed by atoms with E-state index in [1.165, 1.54) is 28.6 Å². The Morgan fingerprint density at radius 2 is 2.25 bits per heavy atom. The van der Waals surface area contributed by atoms with Gasteiger partial charge in [-0.05, 0) is 85.7 Å². The number of nitrogens with zero attached hydrogens (tertiary/aromatic N) is 2. The molecule has 5 heteroatoms. The molecular weight excluding hydrogens is 381 g/mol. The van der Waals surface area contributed by atoms with Crippen LogP contribution in [0.3, 0.4) is 0 Å². The highest BCUT2D eigenvalue weighted by atomic mass is 127. The van der Waals surface area contributed by atoms with E-state index in [9.17, 15) is 0 Å². The highest BCUT2D eigenvalue weighted by molar-refractivity contribution is 14.1. The van der Waals surface area contributed by atoms with Crippen LogP contribution in [0.25, 0.3) is 11.0 Å². The molecular formula is C15H20IN3S. The number of benzene rings is 1. The standard InChI is InChI=1S/C15H20IN3S/c1-10(2)18-6-5-11(8-18)9-19-14-4-3-12(16)7-13(14)17-15(19)20/h3-4,7,10-11H,5-6,8-9H2,1-2H3,(H,17,20). The third-order valence-corrected chi connectivity index (χ3v) is 5.22. The van der Waals surface area contributed by atoms with Gasteiger partial charge < -0.3 is 14.5 Å². The number of aromatic nitrogens is 2. The Morgan fingerprint density at radius 3 is 2.95 bits per heavy atom. The van der Waals surface area contributed by atoms with Gasteiger partial charge in [-0.1, -0.05) is 0 Å². The molecule has 1 aliphatic heterocycles. The van der Waals surface area contributed by atoms with Crippen LogP contribution in [-0.4, -0.2) is 33.6 Å². The van der Waals surface area contributed by atoms with Crippen molar-refractivity contribution in [3.8, 4) is 0 Å². The summed E-state index contributed by atoms with van der Waals surface area (Å²) in [6, 6.07) is 7.14. The van der Waals surface area contributed by atoms with Crippen LogP contribution in [0.4, 0.5) is 0 Å². The van der Waals surface area contributed by atoms with Crippen LogP contribution in [0.15, 0.2) is 18.2 Å². The molecule has 1 aromatic heterocycles. The number of hydrogen-bond acceptors (Lipinski definition) is 2. The van der Waals surface area contributed by atoms with Gasteiger partial charge in [0.05, 0.1) is 11.0 Å². The number of H-pyrrole nitrogens is 1. The molecule has 3 rings (SSSR count). The minimum absolute atomic E-state index is 0.650. The fourth-order valence-corrected chi connectivity index (χ4v) is 3.83. The maximum absolute atomic E-state index is 5.50. The summed E-state index contributed by atoms with van der Waals surface area (Å²) in [5.74, 6) is 0.711. The summed E-state index contributed by atoms with van der Waals surface area (Å²) in [6.45, 7) is 8.00. The van der Waals surface area contributed by atoms with Crippen molar-refractivity contribution < 1.29 is 0 Å².